The van der Waals surface area contributed by atoms with Crippen LogP contribution in [0.4, 0.5) is 0 Å². The summed E-state index contributed by atoms with van der Waals surface area (Å²) in [5.74, 6) is -1.79. The predicted molar refractivity (Wildman–Crippen MR) is 74.0 cm³/mol. The van der Waals surface area contributed by atoms with Crippen LogP contribution < -0.4 is 0 Å². The molecule has 3 fully saturated rings. The molecule has 3 aliphatic rings. The summed E-state index contributed by atoms with van der Waals surface area (Å²) in [6.07, 6.45) is -1.54. The monoisotopic (exact) mass is 316 g/mol. The molecule has 0 aromatic carbocycles. The van der Waals surface area contributed by atoms with Crippen LogP contribution in [0.1, 0.15) is 34.1 Å². The summed E-state index contributed by atoms with van der Waals surface area (Å²) in [5.41, 5.74) is 0. The Balaban J connectivity index is 1.80. The van der Waals surface area contributed by atoms with Gasteiger partial charge in [0.2, 0.25) is 0 Å². The highest BCUT2D eigenvalue weighted by Gasteiger charge is 2.55. The van der Waals surface area contributed by atoms with Crippen LogP contribution in [0.25, 0.3) is 0 Å². The van der Waals surface area contributed by atoms with Crippen molar-refractivity contribution in [1.29, 1.82) is 0 Å². The average Bonchev–Trinajstić information content (AvgIpc) is 2.94. The fraction of sp³-hybridized carbons (Fsp3) is 0.933. The first kappa shape index (κ1) is 16.1. The van der Waals surface area contributed by atoms with E-state index in [9.17, 15) is 4.79 Å². The summed E-state index contributed by atoms with van der Waals surface area (Å²) in [6, 6.07) is 0. The third-order valence-corrected chi connectivity index (χ3v) is 4.17. The molecule has 3 rings (SSSR count). The minimum atomic E-state index is -0.711. The summed E-state index contributed by atoms with van der Waals surface area (Å²) < 4.78 is 34.1. The van der Waals surface area contributed by atoms with Crippen molar-refractivity contribution in [3.05, 3.63) is 0 Å². The Morgan fingerprint density at radius 1 is 1.00 bits per heavy atom. The van der Waals surface area contributed by atoms with Crippen molar-refractivity contribution >= 4 is 5.97 Å². The van der Waals surface area contributed by atoms with Gasteiger partial charge in [-0.3, -0.25) is 0 Å². The Kier molecular flexibility index (Phi) is 3.98. The molecule has 3 aliphatic heterocycles. The van der Waals surface area contributed by atoms with E-state index < -0.39 is 29.8 Å². The highest BCUT2D eigenvalue weighted by Crippen LogP contribution is 2.40. The lowest BCUT2D eigenvalue weighted by atomic mass is 9.94. The number of ether oxygens (including phenoxy) is 6. The van der Waals surface area contributed by atoms with Gasteiger partial charge in [0.15, 0.2) is 17.7 Å². The van der Waals surface area contributed by atoms with Gasteiger partial charge in [-0.1, -0.05) is 0 Å². The number of fused-ring (bicyclic) bond motifs is 1. The molecule has 0 aliphatic carbocycles. The topological polar surface area (TPSA) is 72.5 Å². The lowest BCUT2D eigenvalue weighted by Crippen LogP contribution is -2.54. The number of hydrogen-bond acceptors (Lipinski definition) is 7. The first-order valence-electron chi connectivity index (χ1n) is 7.61. The molecule has 0 aromatic heterocycles. The maximum absolute atomic E-state index is 11.9. The number of methoxy groups -OCH3 is 1. The lowest BCUT2D eigenvalue weighted by Gasteiger charge is -2.37. The van der Waals surface area contributed by atoms with E-state index in [4.69, 9.17) is 28.4 Å². The molecule has 7 heteroatoms. The van der Waals surface area contributed by atoms with Gasteiger partial charge in [0, 0.05) is 6.42 Å². The first-order chi connectivity index (χ1) is 10.2. The standard InChI is InChI=1S/C15H24O7/c1-14(2)18-7-10(21-14)11-12-8(20-15(3,4)22-12)6-9(19-11)13(16)17-5/h8-12H,6-7H2,1-5H3/t8?,9-,10-,11-,12-/m1/s1. The van der Waals surface area contributed by atoms with E-state index in [1.54, 1.807) is 0 Å². The normalized spacial score (nSPS) is 42.9. The fourth-order valence-corrected chi connectivity index (χ4v) is 3.32. The number of esters is 1. The Morgan fingerprint density at radius 3 is 2.27 bits per heavy atom. The lowest BCUT2D eigenvalue weighted by molar-refractivity contribution is -0.210. The Bertz CT molecular complexity index is 447. The summed E-state index contributed by atoms with van der Waals surface area (Å²) in [4.78, 5) is 11.9. The number of carbonyl (C=O) groups excluding carboxylic acids is 1. The van der Waals surface area contributed by atoms with Gasteiger partial charge in [-0.05, 0) is 27.7 Å². The highest BCUT2D eigenvalue weighted by molar-refractivity contribution is 5.74. The highest BCUT2D eigenvalue weighted by atomic mass is 16.8. The van der Waals surface area contributed by atoms with Gasteiger partial charge in [0.05, 0.1) is 19.8 Å². The molecular weight excluding hydrogens is 292 g/mol. The van der Waals surface area contributed by atoms with Gasteiger partial charge in [-0.2, -0.15) is 0 Å². The van der Waals surface area contributed by atoms with Gasteiger partial charge in [-0.25, -0.2) is 4.79 Å². The molecule has 3 saturated heterocycles. The molecule has 3 heterocycles. The van der Waals surface area contributed by atoms with E-state index in [1.165, 1.54) is 7.11 Å². The second-order valence-electron chi connectivity index (χ2n) is 6.85. The van der Waals surface area contributed by atoms with Crippen molar-refractivity contribution in [1.82, 2.24) is 0 Å². The fourth-order valence-electron chi connectivity index (χ4n) is 3.32. The Labute approximate surface area is 130 Å². The molecule has 0 aromatic rings. The second kappa shape index (κ2) is 5.42. The third kappa shape index (κ3) is 3.00. The summed E-state index contributed by atoms with van der Waals surface area (Å²) in [7, 11) is 1.35. The third-order valence-electron chi connectivity index (χ3n) is 4.17. The molecular formula is C15H24O7. The van der Waals surface area contributed by atoms with Gasteiger partial charge >= 0.3 is 5.97 Å². The number of carbonyl (C=O) groups is 1. The van der Waals surface area contributed by atoms with Crippen LogP contribution in [0, 0.1) is 0 Å². The van der Waals surface area contributed by atoms with Crippen molar-refractivity contribution in [2.24, 2.45) is 0 Å². The van der Waals surface area contributed by atoms with Gasteiger partial charge in [-0.15, -0.1) is 0 Å². The van der Waals surface area contributed by atoms with E-state index in [0.29, 0.717) is 13.0 Å². The molecule has 126 valence electrons. The molecule has 1 unspecified atom stereocenters. The minimum absolute atomic E-state index is 0.231. The minimum Gasteiger partial charge on any atom is -0.467 e. The number of rotatable bonds is 2. The zero-order valence-electron chi connectivity index (χ0n) is 13.7. The number of hydrogen-bond donors (Lipinski definition) is 0. The molecule has 0 saturated carbocycles. The summed E-state index contributed by atoms with van der Waals surface area (Å²) in [5, 5.41) is 0. The van der Waals surface area contributed by atoms with Gasteiger partial charge < -0.3 is 28.4 Å². The van der Waals surface area contributed by atoms with Crippen molar-refractivity contribution < 1.29 is 33.2 Å². The van der Waals surface area contributed by atoms with Crippen molar-refractivity contribution in [3.8, 4) is 0 Å². The Hall–Kier alpha value is -0.730. The summed E-state index contributed by atoms with van der Waals surface area (Å²) in [6.45, 7) is 7.79. The molecule has 5 atom stereocenters. The van der Waals surface area contributed by atoms with E-state index >= 15 is 0 Å². The predicted octanol–water partition coefficient (Wildman–Crippen LogP) is 0.988. The van der Waals surface area contributed by atoms with E-state index in [-0.39, 0.29) is 18.3 Å². The quantitative estimate of drug-likeness (QED) is 0.703. The van der Waals surface area contributed by atoms with Crippen LogP contribution in [-0.2, 0) is 33.2 Å². The van der Waals surface area contributed by atoms with Crippen LogP contribution in [0.15, 0.2) is 0 Å². The smallest absolute Gasteiger partial charge is 0.335 e. The van der Waals surface area contributed by atoms with Gasteiger partial charge in [0.25, 0.3) is 0 Å². The first-order valence-corrected chi connectivity index (χ1v) is 7.61. The van der Waals surface area contributed by atoms with E-state index in [0.717, 1.165) is 0 Å². The molecule has 0 bridgehead atoms. The molecule has 0 spiro atoms. The molecule has 0 amide bonds. The van der Waals surface area contributed by atoms with Crippen molar-refractivity contribution in [2.75, 3.05) is 13.7 Å². The summed E-state index contributed by atoms with van der Waals surface area (Å²) >= 11 is 0. The largest absolute Gasteiger partial charge is 0.467 e. The maximum Gasteiger partial charge on any atom is 0.335 e. The Morgan fingerprint density at radius 2 is 1.68 bits per heavy atom. The SMILES string of the molecule is COC(=O)[C@H]1CC2OC(C)(C)O[C@H]2[C@@H]([C@H]2COC(C)(C)O2)O1. The maximum atomic E-state index is 11.9. The molecule has 0 radical (unpaired) electrons. The van der Waals surface area contributed by atoms with Crippen LogP contribution in [0.5, 0.6) is 0 Å². The molecule has 7 nitrogen and oxygen atoms in total. The van der Waals surface area contributed by atoms with Crippen molar-refractivity contribution in [3.63, 3.8) is 0 Å². The zero-order valence-corrected chi connectivity index (χ0v) is 13.7. The second-order valence-corrected chi connectivity index (χ2v) is 6.85. The van der Waals surface area contributed by atoms with Crippen LogP contribution >= 0.6 is 0 Å². The van der Waals surface area contributed by atoms with Crippen LogP contribution in [0.2, 0.25) is 0 Å². The average molecular weight is 316 g/mol. The zero-order chi connectivity index (χ0) is 16.1. The van der Waals surface area contributed by atoms with Gasteiger partial charge in [0.1, 0.15) is 18.3 Å². The molecule has 22 heavy (non-hydrogen) atoms. The van der Waals surface area contributed by atoms with E-state index in [2.05, 4.69) is 0 Å². The molecule has 0 N–H and O–H groups in total. The van der Waals surface area contributed by atoms with Crippen molar-refractivity contribution in [2.45, 2.75) is 76.2 Å². The van der Waals surface area contributed by atoms with E-state index in [1.807, 2.05) is 27.7 Å². The van der Waals surface area contributed by atoms with Crippen LogP contribution in [0.3, 0.4) is 0 Å². The van der Waals surface area contributed by atoms with Crippen LogP contribution in [-0.4, -0.2) is 61.8 Å².